The van der Waals surface area contributed by atoms with E-state index >= 15 is 0 Å². The van der Waals surface area contributed by atoms with E-state index < -0.39 is 0 Å². The van der Waals surface area contributed by atoms with Crippen LogP contribution in [0.2, 0.25) is 0 Å². The maximum absolute atomic E-state index is 12.2. The van der Waals surface area contributed by atoms with Gasteiger partial charge in [0.25, 0.3) is 0 Å². The zero-order valence-corrected chi connectivity index (χ0v) is 12.7. The molecule has 1 aromatic rings. The van der Waals surface area contributed by atoms with Gasteiger partial charge in [0, 0.05) is 26.6 Å². The minimum atomic E-state index is 0.0538. The highest BCUT2D eigenvalue weighted by molar-refractivity contribution is 5.76. The van der Waals surface area contributed by atoms with E-state index in [2.05, 4.69) is 6.07 Å². The number of benzene rings is 1. The Hall–Kier alpha value is -2.06. The first-order chi connectivity index (χ1) is 10.2. The van der Waals surface area contributed by atoms with E-state index in [-0.39, 0.29) is 5.91 Å². The van der Waals surface area contributed by atoms with Gasteiger partial charge in [0.1, 0.15) is 5.75 Å². The topological polar surface area (TPSA) is 62.6 Å². The standard InChI is InChI=1S/C16H22N2O3/c1-20-13-12-18(11-3-10-17)16(19)9-6-14-4-7-15(21-2)8-5-14/h4-5,7-8H,3,6,9,11-13H2,1-2H3. The second-order valence-corrected chi connectivity index (χ2v) is 4.63. The molecule has 0 bridgehead atoms. The third-order valence-corrected chi connectivity index (χ3v) is 3.20. The molecule has 0 radical (unpaired) electrons. The van der Waals surface area contributed by atoms with Crippen LogP contribution in [0.5, 0.6) is 5.75 Å². The fraction of sp³-hybridized carbons (Fsp3) is 0.500. The van der Waals surface area contributed by atoms with E-state index in [1.807, 2.05) is 24.3 Å². The number of rotatable bonds is 9. The summed E-state index contributed by atoms with van der Waals surface area (Å²) in [6.07, 6.45) is 1.46. The molecule has 0 N–H and O–H groups in total. The Bertz CT molecular complexity index is 465. The number of ether oxygens (including phenoxy) is 2. The van der Waals surface area contributed by atoms with E-state index in [9.17, 15) is 4.79 Å². The molecule has 0 atom stereocenters. The van der Waals surface area contributed by atoms with Gasteiger partial charge in [0.15, 0.2) is 0 Å². The summed E-state index contributed by atoms with van der Waals surface area (Å²) >= 11 is 0. The summed E-state index contributed by atoms with van der Waals surface area (Å²) in [6.45, 7) is 1.47. The first kappa shape index (κ1) is 17.0. The highest BCUT2D eigenvalue weighted by Crippen LogP contribution is 2.13. The van der Waals surface area contributed by atoms with Crippen molar-refractivity contribution in [2.24, 2.45) is 0 Å². The quantitative estimate of drug-likeness (QED) is 0.698. The second-order valence-electron chi connectivity index (χ2n) is 4.63. The molecule has 1 rings (SSSR count). The van der Waals surface area contributed by atoms with Gasteiger partial charge in [-0.15, -0.1) is 0 Å². The van der Waals surface area contributed by atoms with Crippen LogP contribution in [0.1, 0.15) is 18.4 Å². The Morgan fingerprint density at radius 1 is 1.24 bits per heavy atom. The molecular formula is C16H22N2O3. The molecule has 0 heterocycles. The minimum absolute atomic E-state index is 0.0538. The molecule has 5 nitrogen and oxygen atoms in total. The zero-order chi connectivity index (χ0) is 15.5. The van der Waals surface area contributed by atoms with E-state index in [1.165, 1.54) is 0 Å². The lowest BCUT2D eigenvalue weighted by atomic mass is 10.1. The predicted octanol–water partition coefficient (Wildman–Crippen LogP) is 2.02. The molecule has 114 valence electrons. The number of nitrogens with zero attached hydrogens (tertiary/aromatic N) is 2. The number of carbonyl (C=O) groups is 1. The van der Waals surface area contributed by atoms with Crippen LogP contribution in [0.4, 0.5) is 0 Å². The van der Waals surface area contributed by atoms with Crippen molar-refractivity contribution >= 4 is 5.91 Å². The normalized spacial score (nSPS) is 9.95. The fourth-order valence-corrected chi connectivity index (χ4v) is 1.95. The maximum atomic E-state index is 12.2. The first-order valence-corrected chi connectivity index (χ1v) is 6.98. The predicted molar refractivity (Wildman–Crippen MR) is 80.0 cm³/mol. The third kappa shape index (κ3) is 6.28. The summed E-state index contributed by atoms with van der Waals surface area (Å²) < 4.78 is 10.1. The van der Waals surface area contributed by atoms with Crippen molar-refractivity contribution in [1.29, 1.82) is 5.26 Å². The molecule has 0 spiro atoms. The number of carbonyl (C=O) groups excluding carboxylic acids is 1. The van der Waals surface area contributed by atoms with Crippen LogP contribution in [0, 0.1) is 11.3 Å². The largest absolute Gasteiger partial charge is 0.497 e. The number of methoxy groups -OCH3 is 2. The number of hydrogen-bond donors (Lipinski definition) is 0. The zero-order valence-electron chi connectivity index (χ0n) is 12.7. The van der Waals surface area contributed by atoms with Crippen LogP contribution in [-0.4, -0.2) is 44.7 Å². The molecule has 0 aliphatic rings. The molecule has 5 heteroatoms. The van der Waals surface area contributed by atoms with Gasteiger partial charge in [-0.2, -0.15) is 5.26 Å². The first-order valence-electron chi connectivity index (χ1n) is 6.98. The van der Waals surface area contributed by atoms with Crippen LogP contribution >= 0.6 is 0 Å². The fourth-order valence-electron chi connectivity index (χ4n) is 1.95. The summed E-state index contributed by atoms with van der Waals surface area (Å²) in [4.78, 5) is 13.9. The summed E-state index contributed by atoms with van der Waals surface area (Å²) in [6, 6.07) is 9.76. The van der Waals surface area contributed by atoms with Gasteiger partial charge < -0.3 is 14.4 Å². The van der Waals surface area contributed by atoms with Crippen molar-refractivity contribution < 1.29 is 14.3 Å². The maximum Gasteiger partial charge on any atom is 0.223 e. The van der Waals surface area contributed by atoms with E-state index in [4.69, 9.17) is 14.7 Å². The molecule has 0 aliphatic heterocycles. The molecule has 0 aromatic heterocycles. The SMILES string of the molecule is COCCN(CCC#N)C(=O)CCc1ccc(OC)cc1. The van der Waals surface area contributed by atoms with Crippen molar-refractivity contribution in [3.8, 4) is 11.8 Å². The highest BCUT2D eigenvalue weighted by atomic mass is 16.5. The van der Waals surface area contributed by atoms with E-state index in [0.717, 1.165) is 11.3 Å². The van der Waals surface area contributed by atoms with Crippen LogP contribution < -0.4 is 4.74 Å². The Kier molecular flexibility index (Phi) is 7.92. The average molecular weight is 290 g/mol. The lowest BCUT2D eigenvalue weighted by molar-refractivity contribution is -0.131. The second kappa shape index (κ2) is 9.78. The smallest absolute Gasteiger partial charge is 0.223 e. The number of aryl methyl sites for hydroxylation is 1. The Morgan fingerprint density at radius 3 is 2.52 bits per heavy atom. The third-order valence-electron chi connectivity index (χ3n) is 3.20. The van der Waals surface area contributed by atoms with Gasteiger partial charge >= 0.3 is 0 Å². The van der Waals surface area contributed by atoms with E-state index in [1.54, 1.807) is 19.1 Å². The number of amides is 1. The molecule has 0 saturated heterocycles. The summed E-state index contributed by atoms with van der Waals surface area (Å²) in [7, 11) is 3.23. The molecule has 1 aromatic carbocycles. The van der Waals surface area contributed by atoms with Gasteiger partial charge in [0.05, 0.1) is 26.2 Å². The van der Waals surface area contributed by atoms with E-state index in [0.29, 0.717) is 39.0 Å². The summed E-state index contributed by atoms with van der Waals surface area (Å²) in [5.41, 5.74) is 1.09. The number of hydrogen-bond acceptors (Lipinski definition) is 4. The van der Waals surface area contributed by atoms with Crippen LogP contribution in [-0.2, 0) is 16.0 Å². The van der Waals surface area contributed by atoms with Gasteiger partial charge in [-0.3, -0.25) is 4.79 Å². The molecule has 0 saturated carbocycles. The highest BCUT2D eigenvalue weighted by Gasteiger charge is 2.12. The molecule has 0 aliphatic carbocycles. The lowest BCUT2D eigenvalue weighted by Gasteiger charge is -2.21. The molecule has 1 amide bonds. The average Bonchev–Trinajstić information content (AvgIpc) is 2.53. The monoisotopic (exact) mass is 290 g/mol. The van der Waals surface area contributed by atoms with Crippen molar-refractivity contribution in [1.82, 2.24) is 4.90 Å². The molecule has 0 fully saturated rings. The van der Waals surface area contributed by atoms with Gasteiger partial charge in [-0.05, 0) is 24.1 Å². The molecular weight excluding hydrogens is 268 g/mol. The van der Waals surface area contributed by atoms with Crippen LogP contribution in [0.3, 0.4) is 0 Å². The van der Waals surface area contributed by atoms with Crippen molar-refractivity contribution in [2.45, 2.75) is 19.3 Å². The Labute approximate surface area is 126 Å². The van der Waals surface area contributed by atoms with Crippen LogP contribution in [0.15, 0.2) is 24.3 Å². The van der Waals surface area contributed by atoms with Gasteiger partial charge in [0.2, 0.25) is 5.91 Å². The van der Waals surface area contributed by atoms with Crippen molar-refractivity contribution in [3.05, 3.63) is 29.8 Å². The van der Waals surface area contributed by atoms with Crippen molar-refractivity contribution in [2.75, 3.05) is 33.9 Å². The molecule has 0 unspecified atom stereocenters. The number of nitriles is 1. The Morgan fingerprint density at radius 2 is 1.95 bits per heavy atom. The minimum Gasteiger partial charge on any atom is -0.497 e. The Balaban J connectivity index is 2.49. The summed E-state index contributed by atoms with van der Waals surface area (Å²) in [5.74, 6) is 0.860. The lowest BCUT2D eigenvalue weighted by Crippen LogP contribution is -2.34. The van der Waals surface area contributed by atoms with Gasteiger partial charge in [-0.1, -0.05) is 12.1 Å². The molecule has 21 heavy (non-hydrogen) atoms. The van der Waals surface area contributed by atoms with Crippen LogP contribution in [0.25, 0.3) is 0 Å². The van der Waals surface area contributed by atoms with Crippen molar-refractivity contribution in [3.63, 3.8) is 0 Å². The summed E-state index contributed by atoms with van der Waals surface area (Å²) in [5, 5.41) is 8.65. The van der Waals surface area contributed by atoms with Gasteiger partial charge in [-0.25, -0.2) is 0 Å².